The minimum absolute atomic E-state index is 0.138. The highest BCUT2D eigenvalue weighted by Gasteiger charge is 2.23. The summed E-state index contributed by atoms with van der Waals surface area (Å²) in [6.45, 7) is 2.68. The Labute approximate surface area is 158 Å². The van der Waals surface area contributed by atoms with Crippen LogP contribution in [-0.2, 0) is 0 Å². The first-order valence-electron chi connectivity index (χ1n) is 8.29. The van der Waals surface area contributed by atoms with Crippen LogP contribution in [0.3, 0.4) is 0 Å². The third-order valence-corrected chi connectivity index (χ3v) is 5.06. The van der Waals surface area contributed by atoms with Crippen molar-refractivity contribution in [1.82, 2.24) is 14.6 Å². The Balaban J connectivity index is 1.57. The average molecular weight is 452 g/mol. The van der Waals surface area contributed by atoms with Crippen molar-refractivity contribution in [1.29, 1.82) is 0 Å². The maximum absolute atomic E-state index is 13.8. The van der Waals surface area contributed by atoms with Crippen molar-refractivity contribution in [3.8, 4) is 5.75 Å². The van der Waals surface area contributed by atoms with Gasteiger partial charge in [0, 0.05) is 11.8 Å². The van der Waals surface area contributed by atoms with Crippen LogP contribution in [0.4, 0.5) is 10.2 Å². The number of benzene rings is 1. The third kappa shape index (κ3) is 3.70. The van der Waals surface area contributed by atoms with Gasteiger partial charge in [0.1, 0.15) is 17.4 Å². The van der Waals surface area contributed by atoms with E-state index in [-0.39, 0.29) is 11.9 Å². The molecule has 0 radical (unpaired) electrons. The molecule has 25 heavy (non-hydrogen) atoms. The summed E-state index contributed by atoms with van der Waals surface area (Å²) in [4.78, 5) is 4.58. The second kappa shape index (κ2) is 6.78. The molecule has 2 aromatic heterocycles. The summed E-state index contributed by atoms with van der Waals surface area (Å²) in [5.74, 6) is 1.83. The lowest BCUT2D eigenvalue weighted by Crippen LogP contribution is -2.11. The fraction of sp³-hybridized carbons (Fsp3) is 0.333. The monoisotopic (exact) mass is 452 g/mol. The second-order valence-corrected chi connectivity index (χ2v) is 7.54. The molecule has 1 atom stereocenters. The third-order valence-electron chi connectivity index (χ3n) is 4.30. The summed E-state index contributed by atoms with van der Waals surface area (Å²) in [6.07, 6.45) is 6.07. The highest BCUT2D eigenvalue weighted by Crippen LogP contribution is 2.33. The van der Waals surface area contributed by atoms with E-state index < -0.39 is 0 Å². The number of nitrogens with zero attached hydrogens (tertiary/aromatic N) is 3. The van der Waals surface area contributed by atoms with Crippen molar-refractivity contribution in [2.45, 2.75) is 25.8 Å². The van der Waals surface area contributed by atoms with Gasteiger partial charge in [-0.1, -0.05) is 0 Å². The van der Waals surface area contributed by atoms with E-state index in [0.717, 1.165) is 26.3 Å². The smallest absolute Gasteiger partial charge is 0.170 e. The highest BCUT2D eigenvalue weighted by molar-refractivity contribution is 14.1. The van der Waals surface area contributed by atoms with Crippen LogP contribution < -0.4 is 10.1 Å². The summed E-state index contributed by atoms with van der Waals surface area (Å²) >= 11 is 2.20. The van der Waals surface area contributed by atoms with E-state index in [4.69, 9.17) is 4.74 Å². The summed E-state index contributed by atoms with van der Waals surface area (Å²) in [5.41, 5.74) is 1.59. The Hall–Kier alpha value is -1.90. The van der Waals surface area contributed by atoms with Crippen LogP contribution in [0.1, 0.15) is 31.4 Å². The number of hydrogen-bond donors (Lipinski definition) is 1. The van der Waals surface area contributed by atoms with Gasteiger partial charge in [-0.2, -0.15) is 5.10 Å². The molecule has 130 valence electrons. The predicted molar refractivity (Wildman–Crippen MR) is 102 cm³/mol. The molecule has 4 rings (SSSR count). The highest BCUT2D eigenvalue weighted by atomic mass is 127. The van der Waals surface area contributed by atoms with E-state index in [2.05, 4.69) is 38.0 Å². The van der Waals surface area contributed by atoms with Crippen LogP contribution in [-0.4, -0.2) is 21.2 Å². The van der Waals surface area contributed by atoms with E-state index in [1.807, 2.05) is 19.2 Å². The maximum atomic E-state index is 13.8. The van der Waals surface area contributed by atoms with Gasteiger partial charge in [0.25, 0.3) is 0 Å². The number of ether oxygens (including phenoxy) is 1. The van der Waals surface area contributed by atoms with E-state index in [1.165, 1.54) is 25.0 Å². The maximum Gasteiger partial charge on any atom is 0.170 e. The minimum atomic E-state index is -0.267. The summed E-state index contributed by atoms with van der Waals surface area (Å²) < 4.78 is 22.4. The Kier molecular flexibility index (Phi) is 4.49. The average Bonchev–Trinajstić information content (AvgIpc) is 3.37. The van der Waals surface area contributed by atoms with Crippen LogP contribution in [0, 0.1) is 15.3 Å². The van der Waals surface area contributed by atoms with Crippen molar-refractivity contribution in [3.63, 3.8) is 0 Å². The van der Waals surface area contributed by atoms with Gasteiger partial charge in [-0.25, -0.2) is 13.9 Å². The van der Waals surface area contributed by atoms with Crippen LogP contribution in [0.2, 0.25) is 0 Å². The molecule has 3 aromatic rings. The molecule has 0 spiro atoms. The van der Waals surface area contributed by atoms with Crippen molar-refractivity contribution in [2.75, 3.05) is 11.9 Å². The Morgan fingerprint density at radius 2 is 2.24 bits per heavy atom. The van der Waals surface area contributed by atoms with E-state index >= 15 is 0 Å². The zero-order chi connectivity index (χ0) is 17.4. The van der Waals surface area contributed by atoms with Gasteiger partial charge in [0.15, 0.2) is 5.65 Å². The SMILES string of the molecule is CC(Nc1ccn2ncc(I)c2n1)c1cc(F)ccc1OCC1CC1. The minimum Gasteiger partial charge on any atom is -0.493 e. The first-order chi connectivity index (χ1) is 12.1. The number of rotatable bonds is 6. The van der Waals surface area contributed by atoms with Crippen molar-refractivity contribution in [3.05, 3.63) is 51.6 Å². The quantitative estimate of drug-likeness (QED) is 0.563. The number of hydrogen-bond acceptors (Lipinski definition) is 4. The number of nitrogens with one attached hydrogen (secondary N) is 1. The molecule has 0 saturated heterocycles. The largest absolute Gasteiger partial charge is 0.493 e. The van der Waals surface area contributed by atoms with Crippen LogP contribution in [0.5, 0.6) is 5.75 Å². The Morgan fingerprint density at radius 3 is 3.04 bits per heavy atom. The zero-order valence-electron chi connectivity index (χ0n) is 13.7. The molecule has 5 nitrogen and oxygen atoms in total. The fourth-order valence-electron chi connectivity index (χ4n) is 2.70. The molecule has 1 unspecified atom stereocenters. The fourth-order valence-corrected chi connectivity index (χ4v) is 3.19. The standard InChI is InChI=1S/C18H18FIN4O/c1-11(22-17-6-7-24-18(23-17)15(20)9-21-24)14-8-13(19)4-5-16(14)25-10-12-2-3-12/h4-9,11-12H,2-3,10H2,1H3,(H,22,23). The van der Waals surface area contributed by atoms with E-state index in [0.29, 0.717) is 12.5 Å². The molecule has 0 aliphatic heterocycles. The first kappa shape index (κ1) is 16.6. The molecule has 1 aromatic carbocycles. The molecular formula is C18H18FIN4O. The van der Waals surface area contributed by atoms with Crippen LogP contribution >= 0.6 is 22.6 Å². The molecule has 1 fully saturated rings. The van der Waals surface area contributed by atoms with Crippen molar-refractivity contribution in [2.24, 2.45) is 5.92 Å². The lowest BCUT2D eigenvalue weighted by atomic mass is 10.1. The first-order valence-corrected chi connectivity index (χ1v) is 9.36. The Morgan fingerprint density at radius 1 is 1.40 bits per heavy atom. The van der Waals surface area contributed by atoms with Gasteiger partial charge in [-0.3, -0.25) is 0 Å². The normalized spacial score (nSPS) is 15.3. The van der Waals surface area contributed by atoms with E-state index in [1.54, 1.807) is 16.8 Å². The number of anilines is 1. The lowest BCUT2D eigenvalue weighted by molar-refractivity contribution is 0.295. The summed E-state index contributed by atoms with van der Waals surface area (Å²) in [6, 6.07) is 6.40. The van der Waals surface area contributed by atoms with Gasteiger partial charge in [0.05, 0.1) is 22.4 Å². The van der Waals surface area contributed by atoms with Gasteiger partial charge < -0.3 is 10.1 Å². The molecule has 1 aliphatic carbocycles. The van der Waals surface area contributed by atoms with Crippen LogP contribution in [0.25, 0.3) is 5.65 Å². The molecule has 1 saturated carbocycles. The summed E-state index contributed by atoms with van der Waals surface area (Å²) in [5, 5.41) is 7.55. The van der Waals surface area contributed by atoms with Crippen LogP contribution in [0.15, 0.2) is 36.7 Å². The summed E-state index contributed by atoms with van der Waals surface area (Å²) in [7, 11) is 0. The molecule has 2 heterocycles. The van der Waals surface area contributed by atoms with Gasteiger partial charge in [-0.05, 0) is 72.5 Å². The number of fused-ring (bicyclic) bond motifs is 1. The van der Waals surface area contributed by atoms with Gasteiger partial charge in [0.2, 0.25) is 0 Å². The number of aromatic nitrogens is 3. The second-order valence-electron chi connectivity index (χ2n) is 6.38. The van der Waals surface area contributed by atoms with Crippen molar-refractivity contribution >= 4 is 34.1 Å². The predicted octanol–water partition coefficient (Wildman–Crippen LogP) is 4.43. The van der Waals surface area contributed by atoms with E-state index in [9.17, 15) is 4.39 Å². The molecule has 0 bridgehead atoms. The molecular weight excluding hydrogens is 434 g/mol. The number of halogens is 2. The Bertz CT molecular complexity index is 909. The molecule has 1 N–H and O–H groups in total. The molecule has 0 amide bonds. The zero-order valence-corrected chi connectivity index (χ0v) is 15.9. The molecule has 1 aliphatic rings. The lowest BCUT2D eigenvalue weighted by Gasteiger charge is -2.19. The van der Waals surface area contributed by atoms with Crippen molar-refractivity contribution < 1.29 is 9.13 Å². The van der Waals surface area contributed by atoms with Gasteiger partial charge in [-0.15, -0.1) is 0 Å². The molecule has 7 heteroatoms. The topological polar surface area (TPSA) is 51.5 Å². The van der Waals surface area contributed by atoms with Gasteiger partial charge >= 0.3 is 0 Å².